The largest absolute Gasteiger partial charge is 0.444 e. The molecule has 0 saturated carbocycles. The zero-order valence-electron chi connectivity index (χ0n) is 11.0. The van der Waals surface area contributed by atoms with Gasteiger partial charge in [0.1, 0.15) is 6.26 Å². The average molecular weight is 282 g/mol. The fraction of sp³-hybridized carbons (Fsp3) is 0.357. The second-order valence-corrected chi connectivity index (χ2v) is 7.37. The number of oxazole rings is 1. The standard InChI is InChI=1S/C14H16ClNOS/c1-9-8-17-13(16-9)10-6-5-7-11(12(10)15)18-14(2,3)4/h5-8H,1-4H3. The van der Waals surface area contributed by atoms with E-state index >= 15 is 0 Å². The van der Waals surface area contributed by atoms with Crippen LogP contribution in [0, 0.1) is 6.92 Å². The van der Waals surface area contributed by atoms with Gasteiger partial charge in [0, 0.05) is 9.64 Å². The van der Waals surface area contributed by atoms with Gasteiger partial charge in [-0.25, -0.2) is 4.98 Å². The summed E-state index contributed by atoms with van der Waals surface area (Å²) >= 11 is 8.18. The van der Waals surface area contributed by atoms with E-state index in [9.17, 15) is 0 Å². The van der Waals surface area contributed by atoms with Crippen molar-refractivity contribution in [1.82, 2.24) is 4.98 Å². The summed E-state index contributed by atoms with van der Waals surface area (Å²) in [5.41, 5.74) is 1.70. The summed E-state index contributed by atoms with van der Waals surface area (Å²) in [5.74, 6) is 0.578. The van der Waals surface area contributed by atoms with Gasteiger partial charge in [0.15, 0.2) is 0 Å². The highest BCUT2D eigenvalue weighted by atomic mass is 35.5. The molecule has 4 heteroatoms. The fourth-order valence-electron chi connectivity index (χ4n) is 1.56. The summed E-state index contributed by atoms with van der Waals surface area (Å²) in [6, 6.07) is 5.94. The lowest BCUT2D eigenvalue weighted by Crippen LogP contribution is -2.06. The van der Waals surface area contributed by atoms with Crippen molar-refractivity contribution in [2.24, 2.45) is 0 Å². The Hall–Kier alpha value is -0.930. The maximum Gasteiger partial charge on any atom is 0.227 e. The van der Waals surface area contributed by atoms with Crippen molar-refractivity contribution in [2.75, 3.05) is 0 Å². The molecule has 2 rings (SSSR count). The molecule has 0 aliphatic carbocycles. The molecule has 1 aromatic carbocycles. The minimum atomic E-state index is 0.120. The van der Waals surface area contributed by atoms with E-state index in [1.54, 1.807) is 18.0 Å². The minimum absolute atomic E-state index is 0.120. The molecule has 0 amide bonds. The number of rotatable bonds is 2. The Morgan fingerprint density at radius 1 is 1.28 bits per heavy atom. The minimum Gasteiger partial charge on any atom is -0.444 e. The van der Waals surface area contributed by atoms with E-state index in [4.69, 9.17) is 16.0 Å². The van der Waals surface area contributed by atoms with Gasteiger partial charge in [0.2, 0.25) is 5.89 Å². The number of nitrogens with zero attached hydrogens (tertiary/aromatic N) is 1. The van der Waals surface area contributed by atoms with Crippen molar-refractivity contribution in [3.63, 3.8) is 0 Å². The van der Waals surface area contributed by atoms with Crippen LogP contribution in [0.3, 0.4) is 0 Å². The molecular formula is C14H16ClNOS. The molecule has 0 bridgehead atoms. The summed E-state index contributed by atoms with van der Waals surface area (Å²) in [6.45, 7) is 8.39. The average Bonchev–Trinajstić information content (AvgIpc) is 2.66. The van der Waals surface area contributed by atoms with Crippen LogP contribution < -0.4 is 0 Å². The zero-order chi connectivity index (χ0) is 13.3. The van der Waals surface area contributed by atoms with Crippen molar-refractivity contribution in [3.8, 4) is 11.5 Å². The molecule has 0 saturated heterocycles. The van der Waals surface area contributed by atoms with Gasteiger partial charge in [0.05, 0.1) is 16.3 Å². The van der Waals surface area contributed by atoms with Gasteiger partial charge in [-0.2, -0.15) is 0 Å². The Labute approximate surface area is 117 Å². The number of aromatic nitrogens is 1. The maximum atomic E-state index is 6.44. The predicted octanol–water partition coefficient (Wildman–Crippen LogP) is 5.19. The van der Waals surface area contributed by atoms with Gasteiger partial charge >= 0.3 is 0 Å². The van der Waals surface area contributed by atoms with Crippen molar-refractivity contribution < 1.29 is 4.42 Å². The molecule has 1 heterocycles. The molecule has 1 aromatic heterocycles. The number of aryl methyl sites for hydroxylation is 1. The summed E-state index contributed by atoms with van der Waals surface area (Å²) in [4.78, 5) is 5.37. The summed E-state index contributed by atoms with van der Waals surface area (Å²) in [7, 11) is 0. The Morgan fingerprint density at radius 2 is 2.00 bits per heavy atom. The van der Waals surface area contributed by atoms with Gasteiger partial charge in [-0.1, -0.05) is 38.4 Å². The lowest BCUT2D eigenvalue weighted by Gasteiger charge is -2.18. The number of benzene rings is 1. The van der Waals surface area contributed by atoms with Crippen molar-refractivity contribution in [2.45, 2.75) is 37.3 Å². The van der Waals surface area contributed by atoms with Gasteiger partial charge in [-0.05, 0) is 19.1 Å². The predicted molar refractivity (Wildman–Crippen MR) is 77.3 cm³/mol. The Bertz CT molecular complexity index is 557. The van der Waals surface area contributed by atoms with Crippen LogP contribution in [-0.2, 0) is 0 Å². The van der Waals surface area contributed by atoms with E-state index in [-0.39, 0.29) is 4.75 Å². The van der Waals surface area contributed by atoms with Crippen LogP contribution in [0.1, 0.15) is 26.5 Å². The lowest BCUT2D eigenvalue weighted by molar-refractivity contribution is 0.573. The van der Waals surface area contributed by atoms with E-state index in [1.807, 2.05) is 25.1 Å². The molecule has 2 nitrogen and oxygen atoms in total. The summed E-state index contributed by atoms with van der Waals surface area (Å²) in [5, 5.41) is 0.708. The van der Waals surface area contributed by atoms with Crippen LogP contribution in [0.4, 0.5) is 0 Å². The monoisotopic (exact) mass is 281 g/mol. The second-order valence-electron chi connectivity index (χ2n) is 5.13. The fourth-order valence-corrected chi connectivity index (χ4v) is 2.89. The summed E-state index contributed by atoms with van der Waals surface area (Å²) in [6.07, 6.45) is 1.63. The number of halogens is 1. The van der Waals surface area contributed by atoms with Gasteiger partial charge < -0.3 is 4.42 Å². The molecule has 0 spiro atoms. The first-order valence-corrected chi connectivity index (χ1v) is 6.96. The van der Waals surface area contributed by atoms with Crippen LogP contribution in [0.2, 0.25) is 5.02 Å². The molecule has 0 radical (unpaired) electrons. The molecule has 96 valence electrons. The van der Waals surface area contributed by atoms with Crippen LogP contribution in [0.25, 0.3) is 11.5 Å². The first-order valence-electron chi connectivity index (χ1n) is 5.77. The number of hydrogen-bond donors (Lipinski definition) is 0. The van der Waals surface area contributed by atoms with Gasteiger partial charge in [-0.3, -0.25) is 0 Å². The molecular weight excluding hydrogens is 266 g/mol. The van der Waals surface area contributed by atoms with Crippen molar-refractivity contribution >= 4 is 23.4 Å². The van der Waals surface area contributed by atoms with Crippen LogP contribution in [0.5, 0.6) is 0 Å². The van der Waals surface area contributed by atoms with Crippen LogP contribution >= 0.6 is 23.4 Å². The highest BCUT2D eigenvalue weighted by Crippen LogP contribution is 2.40. The highest BCUT2D eigenvalue weighted by Gasteiger charge is 2.18. The molecule has 0 unspecified atom stereocenters. The van der Waals surface area contributed by atoms with E-state index in [0.29, 0.717) is 10.9 Å². The van der Waals surface area contributed by atoms with E-state index in [1.165, 1.54) is 0 Å². The molecule has 0 aliphatic rings. The van der Waals surface area contributed by atoms with Crippen LogP contribution in [-0.4, -0.2) is 9.73 Å². The van der Waals surface area contributed by atoms with Crippen molar-refractivity contribution in [1.29, 1.82) is 0 Å². The smallest absolute Gasteiger partial charge is 0.227 e. The van der Waals surface area contributed by atoms with E-state index < -0.39 is 0 Å². The third-order valence-corrected chi connectivity index (χ3v) is 3.92. The number of hydrogen-bond acceptors (Lipinski definition) is 3. The molecule has 0 atom stereocenters. The zero-order valence-corrected chi connectivity index (χ0v) is 12.5. The third-order valence-electron chi connectivity index (χ3n) is 2.23. The van der Waals surface area contributed by atoms with Crippen LogP contribution in [0.15, 0.2) is 33.8 Å². The van der Waals surface area contributed by atoms with Gasteiger partial charge in [-0.15, -0.1) is 11.8 Å². The Balaban J connectivity index is 2.42. The molecule has 0 N–H and O–H groups in total. The second kappa shape index (κ2) is 4.98. The Kier molecular flexibility index (Phi) is 3.74. The molecule has 18 heavy (non-hydrogen) atoms. The first kappa shape index (κ1) is 13.5. The number of thioether (sulfide) groups is 1. The van der Waals surface area contributed by atoms with Crippen molar-refractivity contribution in [3.05, 3.63) is 35.2 Å². The molecule has 2 aromatic rings. The van der Waals surface area contributed by atoms with E-state index in [2.05, 4.69) is 25.8 Å². The maximum absolute atomic E-state index is 6.44. The molecule has 0 fully saturated rings. The summed E-state index contributed by atoms with van der Waals surface area (Å²) < 4.78 is 5.53. The van der Waals surface area contributed by atoms with E-state index in [0.717, 1.165) is 16.2 Å². The topological polar surface area (TPSA) is 26.0 Å². The lowest BCUT2D eigenvalue weighted by atomic mass is 10.2. The normalized spacial score (nSPS) is 11.8. The quantitative estimate of drug-likeness (QED) is 0.708. The third kappa shape index (κ3) is 3.09. The Morgan fingerprint density at radius 3 is 2.56 bits per heavy atom. The highest BCUT2D eigenvalue weighted by molar-refractivity contribution is 8.00. The van der Waals surface area contributed by atoms with Gasteiger partial charge in [0.25, 0.3) is 0 Å². The SMILES string of the molecule is Cc1coc(-c2cccc(SC(C)(C)C)c2Cl)n1. The first-order chi connectivity index (χ1) is 8.37. The molecule has 0 aliphatic heterocycles.